The number of piperidine rings is 1. The number of sulfonamides is 1. The monoisotopic (exact) mass is 418 g/mol. The molecular formula is C21H30N4O3S. The number of carbonyl (C=O) groups excluding carboxylic acids is 1. The number of amides is 1. The van der Waals surface area contributed by atoms with E-state index in [1.165, 1.54) is 4.31 Å². The molecule has 8 heteroatoms. The van der Waals surface area contributed by atoms with Gasteiger partial charge in [0.1, 0.15) is 5.54 Å². The smallest absolute Gasteiger partial charge is 0.243 e. The number of carbonyl (C=O) groups is 1. The molecule has 7 nitrogen and oxygen atoms in total. The molecule has 1 heterocycles. The van der Waals surface area contributed by atoms with E-state index >= 15 is 0 Å². The van der Waals surface area contributed by atoms with Crippen molar-refractivity contribution in [3.63, 3.8) is 0 Å². The zero-order chi connectivity index (χ0) is 20.9. The summed E-state index contributed by atoms with van der Waals surface area (Å²) >= 11 is 0. The van der Waals surface area contributed by atoms with Crippen molar-refractivity contribution in [3.8, 4) is 6.07 Å². The number of nitrogens with zero attached hydrogens (tertiary/aromatic N) is 2. The highest BCUT2D eigenvalue weighted by Gasteiger charge is 2.33. The maximum Gasteiger partial charge on any atom is 0.243 e. The van der Waals surface area contributed by atoms with Crippen LogP contribution in [0.3, 0.4) is 0 Å². The first-order valence-electron chi connectivity index (χ1n) is 10.4. The molecule has 2 fully saturated rings. The molecule has 0 aromatic heterocycles. The normalized spacial score (nSPS) is 19.9. The molecule has 3 rings (SSSR count). The van der Waals surface area contributed by atoms with Crippen molar-refractivity contribution in [2.45, 2.75) is 68.7 Å². The van der Waals surface area contributed by atoms with E-state index < -0.39 is 15.6 Å². The first kappa shape index (κ1) is 21.6. The molecule has 1 amide bonds. The van der Waals surface area contributed by atoms with Crippen LogP contribution in [0.2, 0.25) is 0 Å². The molecule has 1 aromatic rings. The van der Waals surface area contributed by atoms with Crippen molar-refractivity contribution in [2.24, 2.45) is 0 Å². The molecule has 158 valence electrons. The molecule has 0 bridgehead atoms. The average Bonchev–Trinajstić information content (AvgIpc) is 2.74. The van der Waals surface area contributed by atoms with Crippen LogP contribution in [-0.4, -0.2) is 43.8 Å². The van der Waals surface area contributed by atoms with E-state index in [2.05, 4.69) is 16.7 Å². The van der Waals surface area contributed by atoms with Gasteiger partial charge in [0.05, 0.1) is 17.5 Å². The number of aryl methyl sites for hydroxylation is 1. The SMILES string of the molecule is Cc1ccc(S(=O)(=O)N2CCCCC2)cc1NCC(=O)NC1(C#N)CCCCC1. The summed E-state index contributed by atoms with van der Waals surface area (Å²) in [5.74, 6) is -0.253. The minimum atomic E-state index is -3.53. The van der Waals surface area contributed by atoms with E-state index in [9.17, 15) is 18.5 Å². The molecule has 0 spiro atoms. The van der Waals surface area contributed by atoms with Crippen LogP contribution in [0, 0.1) is 18.3 Å². The van der Waals surface area contributed by atoms with Crippen molar-refractivity contribution in [3.05, 3.63) is 23.8 Å². The summed E-state index contributed by atoms with van der Waals surface area (Å²) in [5, 5.41) is 15.4. The second-order valence-electron chi connectivity index (χ2n) is 8.10. The third-order valence-electron chi connectivity index (χ3n) is 5.90. The summed E-state index contributed by atoms with van der Waals surface area (Å²) in [7, 11) is -3.53. The minimum absolute atomic E-state index is 0.00249. The van der Waals surface area contributed by atoms with Crippen molar-refractivity contribution in [1.29, 1.82) is 5.26 Å². The van der Waals surface area contributed by atoms with Crippen LogP contribution in [0.1, 0.15) is 56.9 Å². The summed E-state index contributed by atoms with van der Waals surface area (Å²) in [6.45, 7) is 2.97. The minimum Gasteiger partial charge on any atom is -0.376 e. The van der Waals surface area contributed by atoms with E-state index in [1.54, 1.807) is 18.2 Å². The maximum atomic E-state index is 12.9. The zero-order valence-corrected chi connectivity index (χ0v) is 17.9. The van der Waals surface area contributed by atoms with E-state index in [1.807, 2.05) is 6.92 Å². The maximum absolute atomic E-state index is 12.9. The molecule has 0 atom stereocenters. The lowest BCUT2D eigenvalue weighted by atomic mass is 9.83. The van der Waals surface area contributed by atoms with Crippen LogP contribution < -0.4 is 10.6 Å². The van der Waals surface area contributed by atoms with Crippen LogP contribution >= 0.6 is 0 Å². The molecule has 1 aliphatic heterocycles. The molecule has 1 aliphatic carbocycles. The number of nitriles is 1. The Labute approximate surface area is 173 Å². The number of benzene rings is 1. The van der Waals surface area contributed by atoms with Gasteiger partial charge in [-0.2, -0.15) is 9.57 Å². The lowest BCUT2D eigenvalue weighted by Crippen LogP contribution is -2.50. The topological polar surface area (TPSA) is 102 Å². The predicted octanol–water partition coefficient (Wildman–Crippen LogP) is 2.92. The fourth-order valence-corrected chi connectivity index (χ4v) is 5.66. The molecule has 1 aromatic carbocycles. The summed E-state index contributed by atoms with van der Waals surface area (Å²) in [4.78, 5) is 12.7. The largest absolute Gasteiger partial charge is 0.376 e. The van der Waals surface area contributed by atoms with Gasteiger partial charge in [0.15, 0.2) is 0 Å². The van der Waals surface area contributed by atoms with Crippen molar-refractivity contribution in [1.82, 2.24) is 9.62 Å². The zero-order valence-electron chi connectivity index (χ0n) is 17.0. The van der Waals surface area contributed by atoms with Crippen LogP contribution in [0.4, 0.5) is 5.69 Å². The molecule has 1 saturated heterocycles. The Morgan fingerprint density at radius 3 is 2.45 bits per heavy atom. The van der Waals surface area contributed by atoms with Gasteiger partial charge in [-0.15, -0.1) is 0 Å². The van der Waals surface area contributed by atoms with Gasteiger partial charge in [0.25, 0.3) is 0 Å². The lowest BCUT2D eigenvalue weighted by molar-refractivity contribution is -0.121. The Balaban J connectivity index is 1.67. The number of anilines is 1. The van der Waals surface area contributed by atoms with Gasteiger partial charge in [-0.05, 0) is 50.3 Å². The number of hydrogen-bond donors (Lipinski definition) is 2. The highest BCUT2D eigenvalue weighted by atomic mass is 32.2. The van der Waals surface area contributed by atoms with E-state index in [4.69, 9.17) is 0 Å². The first-order valence-corrected chi connectivity index (χ1v) is 11.9. The van der Waals surface area contributed by atoms with Crippen molar-refractivity contribution < 1.29 is 13.2 Å². The van der Waals surface area contributed by atoms with E-state index in [0.717, 1.165) is 44.1 Å². The Hall–Kier alpha value is -2.11. The van der Waals surface area contributed by atoms with Gasteiger partial charge in [0, 0.05) is 18.8 Å². The Bertz CT molecular complexity index is 880. The Morgan fingerprint density at radius 1 is 1.14 bits per heavy atom. The predicted molar refractivity (Wildman–Crippen MR) is 112 cm³/mol. The van der Waals surface area contributed by atoms with Gasteiger partial charge in [-0.1, -0.05) is 31.7 Å². The summed E-state index contributed by atoms with van der Waals surface area (Å²) in [5.41, 5.74) is 0.710. The van der Waals surface area contributed by atoms with Gasteiger partial charge in [0.2, 0.25) is 15.9 Å². The lowest BCUT2D eigenvalue weighted by Gasteiger charge is -2.31. The van der Waals surface area contributed by atoms with Gasteiger partial charge in [-0.25, -0.2) is 8.42 Å². The summed E-state index contributed by atoms with van der Waals surface area (Å²) in [6, 6.07) is 7.26. The number of rotatable bonds is 6. The van der Waals surface area contributed by atoms with Crippen LogP contribution in [-0.2, 0) is 14.8 Å². The first-order chi connectivity index (χ1) is 13.9. The molecular weight excluding hydrogens is 388 g/mol. The van der Waals surface area contributed by atoms with Crippen molar-refractivity contribution >= 4 is 21.6 Å². The highest BCUT2D eigenvalue weighted by molar-refractivity contribution is 7.89. The number of hydrogen-bond acceptors (Lipinski definition) is 5. The molecule has 0 radical (unpaired) electrons. The second-order valence-corrected chi connectivity index (χ2v) is 10.0. The fraction of sp³-hybridized carbons (Fsp3) is 0.619. The summed E-state index contributed by atoms with van der Waals surface area (Å²) in [6.07, 6.45) is 7.16. The molecule has 0 unspecified atom stereocenters. The third-order valence-corrected chi connectivity index (χ3v) is 7.80. The molecule has 1 saturated carbocycles. The highest BCUT2D eigenvalue weighted by Crippen LogP contribution is 2.28. The quantitative estimate of drug-likeness (QED) is 0.739. The van der Waals surface area contributed by atoms with E-state index in [0.29, 0.717) is 31.6 Å². The van der Waals surface area contributed by atoms with Crippen LogP contribution in [0.5, 0.6) is 0 Å². The molecule has 2 aliphatic rings. The standard InChI is InChI=1S/C21H30N4O3S/c1-17-8-9-18(29(27,28)25-12-6-3-7-13-25)14-19(17)23-15-20(26)24-21(16-22)10-4-2-5-11-21/h8-9,14,23H,2-7,10-13,15H2,1H3,(H,24,26). The van der Waals surface area contributed by atoms with Gasteiger partial charge >= 0.3 is 0 Å². The average molecular weight is 419 g/mol. The second kappa shape index (κ2) is 9.14. The molecule has 29 heavy (non-hydrogen) atoms. The Kier molecular flexibility index (Phi) is 6.81. The van der Waals surface area contributed by atoms with Gasteiger partial charge < -0.3 is 10.6 Å². The fourth-order valence-electron chi connectivity index (χ4n) is 4.11. The number of nitrogens with one attached hydrogen (secondary N) is 2. The van der Waals surface area contributed by atoms with Crippen LogP contribution in [0.25, 0.3) is 0 Å². The Morgan fingerprint density at radius 2 is 1.79 bits per heavy atom. The van der Waals surface area contributed by atoms with Crippen LogP contribution in [0.15, 0.2) is 23.1 Å². The molecule has 2 N–H and O–H groups in total. The van der Waals surface area contributed by atoms with Crippen molar-refractivity contribution in [2.75, 3.05) is 25.0 Å². The summed E-state index contributed by atoms with van der Waals surface area (Å²) < 4.78 is 27.4. The van der Waals surface area contributed by atoms with E-state index in [-0.39, 0.29) is 17.3 Å². The third kappa shape index (κ3) is 5.09. The van der Waals surface area contributed by atoms with Gasteiger partial charge in [-0.3, -0.25) is 4.79 Å².